The molecule has 1 nitrogen and oxygen atoms in total. The predicted octanol–water partition coefficient (Wildman–Crippen LogP) is 3.48. The minimum absolute atomic E-state index is 0.415. The molecule has 0 atom stereocenters. The molecule has 3 heteroatoms. The SMILES string of the molecule is ClC1CCN(CCSc2ccccc2)CC1. The van der Waals surface area contributed by atoms with E-state index in [2.05, 4.69) is 35.2 Å². The van der Waals surface area contributed by atoms with Gasteiger partial charge in [-0.05, 0) is 38.1 Å². The molecule has 0 radical (unpaired) electrons. The van der Waals surface area contributed by atoms with Crippen molar-refractivity contribution in [2.75, 3.05) is 25.4 Å². The fourth-order valence-corrected chi connectivity index (χ4v) is 3.06. The van der Waals surface area contributed by atoms with Crippen molar-refractivity contribution in [3.05, 3.63) is 30.3 Å². The van der Waals surface area contributed by atoms with E-state index in [-0.39, 0.29) is 0 Å². The van der Waals surface area contributed by atoms with Gasteiger partial charge in [-0.3, -0.25) is 0 Å². The third kappa shape index (κ3) is 4.00. The molecular formula is C13H18ClNS. The average Bonchev–Trinajstić information content (AvgIpc) is 2.33. The Morgan fingerprint density at radius 3 is 2.56 bits per heavy atom. The first-order chi connectivity index (χ1) is 7.84. The van der Waals surface area contributed by atoms with Gasteiger partial charge < -0.3 is 4.90 Å². The molecule has 1 aliphatic rings. The Morgan fingerprint density at radius 2 is 1.88 bits per heavy atom. The summed E-state index contributed by atoms with van der Waals surface area (Å²) in [6.07, 6.45) is 2.30. The monoisotopic (exact) mass is 255 g/mol. The van der Waals surface area contributed by atoms with Crippen LogP contribution in [0.15, 0.2) is 35.2 Å². The zero-order valence-corrected chi connectivity index (χ0v) is 11.0. The van der Waals surface area contributed by atoms with Crippen molar-refractivity contribution in [3.63, 3.8) is 0 Å². The van der Waals surface area contributed by atoms with E-state index in [0.29, 0.717) is 5.38 Å². The number of alkyl halides is 1. The lowest BCUT2D eigenvalue weighted by Gasteiger charge is -2.28. The fraction of sp³-hybridized carbons (Fsp3) is 0.538. The van der Waals surface area contributed by atoms with E-state index in [4.69, 9.17) is 11.6 Å². The van der Waals surface area contributed by atoms with Gasteiger partial charge in [0.25, 0.3) is 0 Å². The number of piperidine rings is 1. The van der Waals surface area contributed by atoms with Crippen LogP contribution in [0.5, 0.6) is 0 Å². The topological polar surface area (TPSA) is 3.24 Å². The molecule has 1 fully saturated rings. The van der Waals surface area contributed by atoms with Crippen LogP contribution in [0, 0.1) is 0 Å². The summed E-state index contributed by atoms with van der Waals surface area (Å²) in [6.45, 7) is 3.52. The summed E-state index contributed by atoms with van der Waals surface area (Å²) in [5, 5.41) is 0.415. The Labute approximate surface area is 107 Å². The van der Waals surface area contributed by atoms with Crippen molar-refractivity contribution >= 4 is 23.4 Å². The molecule has 1 aromatic rings. The van der Waals surface area contributed by atoms with Crippen molar-refractivity contribution in [1.82, 2.24) is 4.90 Å². The van der Waals surface area contributed by atoms with Gasteiger partial charge in [-0.2, -0.15) is 0 Å². The number of hydrogen-bond donors (Lipinski definition) is 0. The van der Waals surface area contributed by atoms with Crippen LogP contribution in [-0.2, 0) is 0 Å². The number of thioether (sulfide) groups is 1. The lowest BCUT2D eigenvalue weighted by atomic mass is 10.1. The van der Waals surface area contributed by atoms with Crippen molar-refractivity contribution in [2.24, 2.45) is 0 Å². The maximum absolute atomic E-state index is 6.08. The lowest BCUT2D eigenvalue weighted by molar-refractivity contribution is 0.245. The van der Waals surface area contributed by atoms with E-state index in [0.717, 1.165) is 12.8 Å². The summed E-state index contributed by atoms with van der Waals surface area (Å²) in [4.78, 5) is 3.89. The van der Waals surface area contributed by atoms with Crippen molar-refractivity contribution in [2.45, 2.75) is 23.1 Å². The Kier molecular flexibility index (Phi) is 5.01. The van der Waals surface area contributed by atoms with Gasteiger partial charge in [0.15, 0.2) is 0 Å². The molecule has 0 amide bonds. The molecule has 1 aromatic carbocycles. The number of nitrogens with zero attached hydrogens (tertiary/aromatic N) is 1. The fourth-order valence-electron chi connectivity index (χ4n) is 1.93. The van der Waals surface area contributed by atoms with E-state index in [9.17, 15) is 0 Å². The van der Waals surface area contributed by atoms with Crippen LogP contribution < -0.4 is 0 Å². The van der Waals surface area contributed by atoms with Gasteiger partial charge in [0.05, 0.1) is 0 Å². The molecule has 0 aromatic heterocycles. The van der Waals surface area contributed by atoms with E-state index in [1.165, 1.54) is 30.3 Å². The second-order valence-corrected chi connectivity index (χ2v) is 5.96. The molecule has 1 saturated heterocycles. The number of halogens is 1. The largest absolute Gasteiger partial charge is 0.302 e. The molecule has 0 aliphatic carbocycles. The lowest BCUT2D eigenvalue weighted by Crippen LogP contribution is -2.35. The number of hydrogen-bond acceptors (Lipinski definition) is 2. The molecule has 1 aliphatic heterocycles. The standard InChI is InChI=1S/C13H18ClNS/c14-12-6-8-15(9-7-12)10-11-16-13-4-2-1-3-5-13/h1-5,12H,6-11H2. The summed E-state index contributed by atoms with van der Waals surface area (Å²) in [5.41, 5.74) is 0. The molecule has 16 heavy (non-hydrogen) atoms. The molecule has 88 valence electrons. The second-order valence-electron chi connectivity index (χ2n) is 4.18. The van der Waals surface area contributed by atoms with Gasteiger partial charge in [-0.25, -0.2) is 0 Å². The van der Waals surface area contributed by atoms with E-state index in [1.54, 1.807) is 0 Å². The van der Waals surface area contributed by atoms with E-state index < -0.39 is 0 Å². The highest BCUT2D eigenvalue weighted by molar-refractivity contribution is 7.99. The minimum Gasteiger partial charge on any atom is -0.302 e. The predicted molar refractivity (Wildman–Crippen MR) is 72.5 cm³/mol. The normalized spacial score (nSPS) is 18.8. The molecule has 0 spiro atoms. The highest BCUT2D eigenvalue weighted by Gasteiger charge is 2.16. The van der Waals surface area contributed by atoms with Gasteiger partial charge in [0.2, 0.25) is 0 Å². The average molecular weight is 256 g/mol. The second kappa shape index (κ2) is 6.53. The molecule has 1 heterocycles. The van der Waals surface area contributed by atoms with Crippen LogP contribution in [0.25, 0.3) is 0 Å². The summed E-state index contributed by atoms with van der Waals surface area (Å²) < 4.78 is 0. The molecular weight excluding hydrogens is 238 g/mol. The van der Waals surface area contributed by atoms with Crippen LogP contribution in [-0.4, -0.2) is 35.7 Å². The molecule has 0 unspecified atom stereocenters. The zero-order valence-electron chi connectivity index (χ0n) is 9.44. The third-order valence-corrected chi connectivity index (χ3v) is 4.37. The van der Waals surface area contributed by atoms with Crippen molar-refractivity contribution in [3.8, 4) is 0 Å². The summed E-state index contributed by atoms with van der Waals surface area (Å²) >= 11 is 8.02. The van der Waals surface area contributed by atoms with Gasteiger partial charge >= 0.3 is 0 Å². The third-order valence-electron chi connectivity index (χ3n) is 2.94. The maximum atomic E-state index is 6.08. The number of likely N-dealkylation sites (tertiary alicyclic amines) is 1. The van der Waals surface area contributed by atoms with Crippen LogP contribution >= 0.6 is 23.4 Å². The van der Waals surface area contributed by atoms with Crippen LogP contribution in [0.2, 0.25) is 0 Å². The van der Waals surface area contributed by atoms with Gasteiger partial charge in [-0.15, -0.1) is 23.4 Å². The first-order valence-corrected chi connectivity index (χ1v) is 7.31. The molecule has 0 N–H and O–H groups in total. The summed E-state index contributed by atoms with van der Waals surface area (Å²) in [6, 6.07) is 10.6. The Bertz CT molecular complexity index is 296. The first-order valence-electron chi connectivity index (χ1n) is 5.89. The smallest absolute Gasteiger partial charge is 0.0360 e. The quantitative estimate of drug-likeness (QED) is 0.599. The highest BCUT2D eigenvalue weighted by Crippen LogP contribution is 2.19. The maximum Gasteiger partial charge on any atom is 0.0360 e. The first kappa shape index (κ1) is 12.3. The summed E-state index contributed by atoms with van der Waals surface area (Å²) in [5.74, 6) is 1.18. The molecule has 0 bridgehead atoms. The minimum atomic E-state index is 0.415. The van der Waals surface area contributed by atoms with Gasteiger partial charge in [-0.1, -0.05) is 18.2 Å². The van der Waals surface area contributed by atoms with E-state index >= 15 is 0 Å². The van der Waals surface area contributed by atoms with Gasteiger partial charge in [0, 0.05) is 22.6 Å². The van der Waals surface area contributed by atoms with E-state index in [1.807, 2.05) is 11.8 Å². The van der Waals surface area contributed by atoms with Crippen LogP contribution in [0.4, 0.5) is 0 Å². The van der Waals surface area contributed by atoms with Crippen molar-refractivity contribution in [1.29, 1.82) is 0 Å². The van der Waals surface area contributed by atoms with Crippen LogP contribution in [0.1, 0.15) is 12.8 Å². The highest BCUT2D eigenvalue weighted by atomic mass is 35.5. The molecule has 0 saturated carbocycles. The van der Waals surface area contributed by atoms with Crippen LogP contribution in [0.3, 0.4) is 0 Å². The van der Waals surface area contributed by atoms with Gasteiger partial charge in [0.1, 0.15) is 0 Å². The Morgan fingerprint density at radius 1 is 1.19 bits per heavy atom. The van der Waals surface area contributed by atoms with Crippen molar-refractivity contribution < 1.29 is 0 Å². The molecule has 2 rings (SSSR count). The number of rotatable bonds is 4. The zero-order chi connectivity index (χ0) is 11.2. The number of benzene rings is 1. The summed E-state index contributed by atoms with van der Waals surface area (Å²) in [7, 11) is 0. The Hall–Kier alpha value is -0.180. The Balaban J connectivity index is 1.65.